The number of benzene rings is 1. The Morgan fingerprint density at radius 1 is 1.40 bits per heavy atom. The number of nitrogens with zero attached hydrogens (tertiary/aromatic N) is 1. The van der Waals surface area contributed by atoms with Crippen molar-refractivity contribution < 1.29 is 14.8 Å². The Morgan fingerprint density at radius 2 is 2.15 bits per heavy atom. The Balaban J connectivity index is 2.23. The van der Waals surface area contributed by atoms with Crippen molar-refractivity contribution in [3.8, 4) is 0 Å². The van der Waals surface area contributed by atoms with Crippen LogP contribution in [0.25, 0.3) is 0 Å². The highest BCUT2D eigenvalue weighted by atomic mass is 16.6. The number of hydrogen-bond acceptors (Lipinski definition) is 5. The van der Waals surface area contributed by atoms with Gasteiger partial charge in [0, 0.05) is 30.2 Å². The van der Waals surface area contributed by atoms with Gasteiger partial charge in [-0.3, -0.25) is 14.9 Å². The van der Waals surface area contributed by atoms with Crippen molar-refractivity contribution in [2.75, 3.05) is 11.9 Å². The number of nitrogens with one attached hydrogen (secondary N) is 1. The van der Waals surface area contributed by atoms with E-state index in [1.807, 2.05) is 0 Å². The van der Waals surface area contributed by atoms with Crippen LogP contribution in [0.5, 0.6) is 0 Å². The smallest absolute Gasteiger partial charge is 0.293 e. The number of carbonyl (C=O) groups is 1. The highest BCUT2D eigenvalue weighted by Crippen LogP contribution is 2.31. The molecular formula is C14H18N2O4. The first-order chi connectivity index (χ1) is 9.65. The molecule has 1 aliphatic carbocycles. The molecule has 1 aliphatic rings. The molecule has 6 heteroatoms. The molecule has 0 aliphatic heterocycles. The van der Waals surface area contributed by atoms with Crippen molar-refractivity contribution in [3.05, 3.63) is 33.9 Å². The number of aliphatic hydroxyl groups is 1. The normalized spacial score (nSPS) is 22.2. The number of anilines is 1. The van der Waals surface area contributed by atoms with E-state index in [1.54, 1.807) is 12.1 Å². The van der Waals surface area contributed by atoms with Crippen LogP contribution in [0.3, 0.4) is 0 Å². The molecule has 1 fully saturated rings. The zero-order chi connectivity index (χ0) is 14.5. The maximum Gasteiger partial charge on any atom is 0.293 e. The fraction of sp³-hybridized carbons (Fsp3) is 0.500. The lowest BCUT2D eigenvalue weighted by Crippen LogP contribution is -2.34. The molecule has 20 heavy (non-hydrogen) atoms. The van der Waals surface area contributed by atoms with E-state index in [0.717, 1.165) is 25.7 Å². The molecule has 0 spiro atoms. The fourth-order valence-electron chi connectivity index (χ4n) is 2.71. The van der Waals surface area contributed by atoms with Gasteiger partial charge in [0.25, 0.3) is 5.69 Å². The topological polar surface area (TPSA) is 92.5 Å². The Hall–Kier alpha value is -1.95. The molecule has 6 nitrogen and oxygen atoms in total. The first kappa shape index (κ1) is 14.5. The van der Waals surface area contributed by atoms with Crippen molar-refractivity contribution in [1.29, 1.82) is 0 Å². The molecule has 0 radical (unpaired) electrons. The van der Waals surface area contributed by atoms with E-state index >= 15 is 0 Å². The van der Waals surface area contributed by atoms with Crippen LogP contribution in [-0.4, -0.2) is 29.0 Å². The van der Waals surface area contributed by atoms with Gasteiger partial charge in [0.2, 0.25) is 0 Å². The predicted molar refractivity (Wildman–Crippen MR) is 74.9 cm³/mol. The van der Waals surface area contributed by atoms with Crippen molar-refractivity contribution in [2.45, 2.75) is 31.7 Å². The van der Waals surface area contributed by atoms with Gasteiger partial charge in [-0.05, 0) is 25.0 Å². The quantitative estimate of drug-likeness (QED) is 0.490. The van der Waals surface area contributed by atoms with Crippen molar-refractivity contribution in [3.63, 3.8) is 0 Å². The highest BCUT2D eigenvalue weighted by Gasteiger charge is 2.26. The van der Waals surface area contributed by atoms with Gasteiger partial charge in [-0.25, -0.2) is 0 Å². The zero-order valence-electron chi connectivity index (χ0n) is 11.1. The maximum atomic E-state index is 11.1. The molecule has 0 heterocycles. The van der Waals surface area contributed by atoms with Gasteiger partial charge in [-0.15, -0.1) is 0 Å². The summed E-state index contributed by atoms with van der Waals surface area (Å²) >= 11 is 0. The number of aliphatic hydroxyl groups excluding tert-OH is 1. The van der Waals surface area contributed by atoms with Crippen LogP contribution in [0.2, 0.25) is 0 Å². The molecule has 0 bridgehead atoms. The summed E-state index contributed by atoms with van der Waals surface area (Å²) in [6, 6.07) is 4.42. The third-order valence-corrected chi connectivity index (χ3v) is 3.84. The van der Waals surface area contributed by atoms with Crippen LogP contribution in [0, 0.1) is 16.0 Å². The van der Waals surface area contributed by atoms with Gasteiger partial charge in [0.15, 0.2) is 0 Å². The third kappa shape index (κ3) is 3.14. The van der Waals surface area contributed by atoms with E-state index in [9.17, 15) is 20.0 Å². The fourth-order valence-corrected chi connectivity index (χ4v) is 2.71. The molecule has 2 unspecified atom stereocenters. The van der Waals surface area contributed by atoms with Crippen molar-refractivity contribution >= 4 is 17.7 Å². The monoisotopic (exact) mass is 278 g/mol. The number of nitro benzene ring substituents is 1. The van der Waals surface area contributed by atoms with Crippen molar-refractivity contribution in [2.24, 2.45) is 5.92 Å². The van der Waals surface area contributed by atoms with Gasteiger partial charge >= 0.3 is 0 Å². The second-order valence-corrected chi connectivity index (χ2v) is 5.13. The van der Waals surface area contributed by atoms with Gasteiger partial charge < -0.3 is 10.4 Å². The van der Waals surface area contributed by atoms with Gasteiger partial charge in [-0.2, -0.15) is 0 Å². The zero-order valence-corrected chi connectivity index (χ0v) is 11.1. The van der Waals surface area contributed by atoms with Crippen LogP contribution in [0.4, 0.5) is 11.4 Å². The highest BCUT2D eigenvalue weighted by molar-refractivity contribution is 5.79. The summed E-state index contributed by atoms with van der Waals surface area (Å²) in [5.74, 6) is 0.120. The van der Waals surface area contributed by atoms with E-state index < -0.39 is 4.92 Å². The summed E-state index contributed by atoms with van der Waals surface area (Å²) in [6.07, 6.45) is 4.53. The first-order valence-corrected chi connectivity index (χ1v) is 6.76. The second kappa shape index (κ2) is 6.47. The lowest BCUT2D eigenvalue weighted by atomic mass is 9.85. The molecule has 0 aromatic heterocycles. The molecule has 0 saturated heterocycles. The van der Waals surface area contributed by atoms with Crippen LogP contribution in [0.15, 0.2) is 18.2 Å². The van der Waals surface area contributed by atoms with Crippen LogP contribution in [-0.2, 0) is 0 Å². The molecule has 1 aromatic rings. The molecule has 1 aromatic carbocycles. The average Bonchev–Trinajstić information content (AvgIpc) is 2.48. The van der Waals surface area contributed by atoms with Gasteiger partial charge in [-0.1, -0.05) is 12.8 Å². The number of aldehydes is 1. The number of carbonyl (C=O) groups excluding carboxylic acids is 1. The molecule has 2 rings (SSSR count). The Bertz CT molecular complexity index is 504. The lowest BCUT2D eigenvalue weighted by molar-refractivity contribution is -0.384. The Labute approximate surface area is 117 Å². The first-order valence-electron chi connectivity index (χ1n) is 6.76. The number of nitro groups is 1. The van der Waals surface area contributed by atoms with Crippen LogP contribution < -0.4 is 5.32 Å². The van der Waals surface area contributed by atoms with Crippen LogP contribution >= 0.6 is 0 Å². The lowest BCUT2D eigenvalue weighted by Gasteiger charge is -2.31. The van der Waals surface area contributed by atoms with Gasteiger partial charge in [0.1, 0.15) is 12.0 Å². The van der Waals surface area contributed by atoms with Crippen molar-refractivity contribution in [1.82, 2.24) is 0 Å². The molecule has 108 valence electrons. The Kier molecular flexibility index (Phi) is 4.68. The van der Waals surface area contributed by atoms with Crippen LogP contribution in [0.1, 0.15) is 36.0 Å². The summed E-state index contributed by atoms with van der Waals surface area (Å²) < 4.78 is 0. The summed E-state index contributed by atoms with van der Waals surface area (Å²) in [7, 11) is 0. The SMILES string of the molecule is O=Cc1ccc(NC2CCCCC2CO)c([N+](=O)[O-])c1. The van der Waals surface area contributed by atoms with E-state index in [1.165, 1.54) is 6.07 Å². The largest absolute Gasteiger partial charge is 0.396 e. The average molecular weight is 278 g/mol. The molecule has 2 N–H and O–H groups in total. The second-order valence-electron chi connectivity index (χ2n) is 5.13. The van der Waals surface area contributed by atoms with Gasteiger partial charge in [0.05, 0.1) is 4.92 Å². The van der Waals surface area contributed by atoms with E-state index in [4.69, 9.17) is 0 Å². The summed E-state index contributed by atoms with van der Waals surface area (Å²) in [5, 5.41) is 23.6. The minimum absolute atomic E-state index is 0.0366. The summed E-state index contributed by atoms with van der Waals surface area (Å²) in [6.45, 7) is 0.0812. The Morgan fingerprint density at radius 3 is 2.80 bits per heavy atom. The number of rotatable bonds is 5. The standard InChI is InChI=1S/C14H18N2O4/c17-8-10-5-6-13(14(7-10)16(19)20)15-12-4-2-1-3-11(12)9-18/h5-8,11-12,15,18H,1-4,9H2. The summed E-state index contributed by atoms with van der Waals surface area (Å²) in [5.41, 5.74) is 0.590. The van der Waals surface area contributed by atoms with E-state index in [-0.39, 0.29) is 29.8 Å². The van der Waals surface area contributed by atoms with E-state index in [0.29, 0.717) is 12.0 Å². The predicted octanol–water partition coefficient (Wildman–Crippen LogP) is 2.37. The van der Waals surface area contributed by atoms with E-state index in [2.05, 4.69) is 5.32 Å². The maximum absolute atomic E-state index is 11.1. The minimum atomic E-state index is -0.494. The molecule has 1 saturated carbocycles. The third-order valence-electron chi connectivity index (χ3n) is 3.84. The molecule has 2 atom stereocenters. The molecule has 0 amide bonds. The molecular weight excluding hydrogens is 260 g/mol. The minimum Gasteiger partial charge on any atom is -0.396 e. The summed E-state index contributed by atoms with van der Waals surface area (Å²) in [4.78, 5) is 21.3. The number of hydrogen-bond donors (Lipinski definition) is 2.